The highest BCUT2D eigenvalue weighted by molar-refractivity contribution is 8.15. The third-order valence-corrected chi connectivity index (χ3v) is 6.48. The van der Waals surface area contributed by atoms with Gasteiger partial charge in [0.2, 0.25) is 0 Å². The Kier molecular flexibility index (Phi) is 6.10. The number of para-hydroxylation sites is 1. The van der Waals surface area contributed by atoms with Crippen molar-refractivity contribution in [3.63, 3.8) is 0 Å². The Bertz CT molecular complexity index is 1320. The number of ether oxygens (including phenoxy) is 1. The summed E-state index contributed by atoms with van der Waals surface area (Å²) in [6, 6.07) is 18.0. The molecule has 160 valence electrons. The highest BCUT2D eigenvalue weighted by Gasteiger charge is 2.24. The van der Waals surface area contributed by atoms with Gasteiger partial charge < -0.3 is 4.74 Å². The standard InChI is InChI=1S/C21H14N4O5S2/c1-30-15-9-6-13(7-10-15)22-20(32-21-23-17-4-2-3-5-19(17)31-21)16-11-8-14(24(26)27)12-18(16)25(28)29/h2-12H,1H3. The Morgan fingerprint density at radius 2 is 1.78 bits per heavy atom. The van der Waals surface area contributed by atoms with Crippen molar-refractivity contribution in [3.8, 4) is 5.75 Å². The van der Waals surface area contributed by atoms with Gasteiger partial charge in [-0.25, -0.2) is 9.98 Å². The third-order valence-electron chi connectivity index (χ3n) is 4.38. The van der Waals surface area contributed by atoms with E-state index in [0.717, 1.165) is 16.3 Å². The summed E-state index contributed by atoms with van der Waals surface area (Å²) in [6.07, 6.45) is 0. The fourth-order valence-corrected chi connectivity index (χ4v) is 4.97. The minimum Gasteiger partial charge on any atom is -0.497 e. The number of rotatable bonds is 6. The monoisotopic (exact) mass is 466 g/mol. The number of nitrogens with zero attached hydrogens (tertiary/aromatic N) is 4. The van der Waals surface area contributed by atoms with E-state index in [-0.39, 0.29) is 11.3 Å². The fraction of sp³-hybridized carbons (Fsp3) is 0.0476. The summed E-state index contributed by atoms with van der Waals surface area (Å²) in [5.41, 5.74) is 0.749. The number of thiazole rings is 1. The molecule has 0 aliphatic rings. The molecule has 0 bridgehead atoms. The molecule has 3 aromatic carbocycles. The lowest BCUT2D eigenvalue weighted by Crippen LogP contribution is -2.03. The largest absolute Gasteiger partial charge is 0.497 e. The highest BCUT2D eigenvalue weighted by atomic mass is 32.2. The first-order chi connectivity index (χ1) is 15.4. The third kappa shape index (κ3) is 4.58. The van der Waals surface area contributed by atoms with Crippen LogP contribution < -0.4 is 4.74 Å². The lowest BCUT2D eigenvalue weighted by Gasteiger charge is -2.07. The van der Waals surface area contributed by atoms with Crippen molar-refractivity contribution in [2.45, 2.75) is 4.34 Å². The molecule has 0 saturated carbocycles. The number of nitro benzene ring substituents is 2. The highest BCUT2D eigenvalue weighted by Crippen LogP contribution is 2.36. The molecule has 1 heterocycles. The number of aromatic nitrogens is 1. The molecule has 0 fully saturated rings. The Balaban J connectivity index is 1.83. The molecular weight excluding hydrogens is 452 g/mol. The van der Waals surface area contributed by atoms with Crippen LogP contribution in [-0.2, 0) is 0 Å². The fourth-order valence-electron chi connectivity index (χ4n) is 2.85. The molecule has 4 rings (SSSR count). The smallest absolute Gasteiger partial charge is 0.286 e. The zero-order chi connectivity index (χ0) is 22.7. The van der Waals surface area contributed by atoms with Crippen LogP contribution in [0.3, 0.4) is 0 Å². The second-order valence-electron chi connectivity index (χ2n) is 6.38. The molecule has 0 atom stereocenters. The van der Waals surface area contributed by atoms with E-state index >= 15 is 0 Å². The number of non-ortho nitro benzene ring substituents is 1. The van der Waals surface area contributed by atoms with E-state index in [0.29, 0.717) is 20.8 Å². The summed E-state index contributed by atoms with van der Waals surface area (Å²) in [4.78, 5) is 30.7. The van der Waals surface area contributed by atoms with Crippen molar-refractivity contribution in [1.29, 1.82) is 0 Å². The van der Waals surface area contributed by atoms with Gasteiger partial charge in [0.1, 0.15) is 10.8 Å². The van der Waals surface area contributed by atoms with Crippen molar-refractivity contribution in [2.24, 2.45) is 4.99 Å². The number of benzene rings is 3. The van der Waals surface area contributed by atoms with Crippen LogP contribution in [0, 0.1) is 20.2 Å². The van der Waals surface area contributed by atoms with Gasteiger partial charge in [-0.05, 0) is 54.2 Å². The van der Waals surface area contributed by atoms with Gasteiger partial charge in [0, 0.05) is 6.07 Å². The van der Waals surface area contributed by atoms with Crippen LogP contribution in [0.25, 0.3) is 10.2 Å². The van der Waals surface area contributed by atoms with Gasteiger partial charge >= 0.3 is 0 Å². The van der Waals surface area contributed by atoms with Crippen LogP contribution in [0.5, 0.6) is 5.75 Å². The van der Waals surface area contributed by atoms with Crippen LogP contribution in [-0.4, -0.2) is 27.0 Å². The molecule has 0 spiro atoms. The van der Waals surface area contributed by atoms with Crippen LogP contribution in [0.1, 0.15) is 5.56 Å². The molecule has 0 aliphatic heterocycles. The van der Waals surface area contributed by atoms with Gasteiger partial charge in [0.15, 0.2) is 4.34 Å². The first kappa shape index (κ1) is 21.4. The van der Waals surface area contributed by atoms with Crippen LogP contribution in [0.4, 0.5) is 17.1 Å². The van der Waals surface area contributed by atoms with Gasteiger partial charge in [0.05, 0.1) is 44.5 Å². The van der Waals surface area contributed by atoms with E-state index in [2.05, 4.69) is 9.98 Å². The van der Waals surface area contributed by atoms with Crippen molar-refractivity contribution < 1.29 is 14.6 Å². The molecule has 0 N–H and O–H groups in total. The van der Waals surface area contributed by atoms with Crippen molar-refractivity contribution in [2.75, 3.05) is 7.11 Å². The lowest BCUT2D eigenvalue weighted by atomic mass is 10.1. The van der Waals surface area contributed by atoms with E-state index in [1.54, 1.807) is 31.4 Å². The quantitative estimate of drug-likeness (QED) is 0.112. The van der Waals surface area contributed by atoms with Crippen LogP contribution in [0.15, 0.2) is 76.1 Å². The number of thioether (sulfide) groups is 1. The van der Waals surface area contributed by atoms with E-state index in [9.17, 15) is 20.2 Å². The minimum absolute atomic E-state index is 0.167. The van der Waals surface area contributed by atoms with E-state index in [1.807, 2.05) is 24.3 Å². The predicted octanol–water partition coefficient (Wildman–Crippen LogP) is 5.99. The first-order valence-electron chi connectivity index (χ1n) is 9.14. The number of hydrogen-bond acceptors (Lipinski definition) is 9. The lowest BCUT2D eigenvalue weighted by molar-refractivity contribution is -0.394. The summed E-state index contributed by atoms with van der Waals surface area (Å²) < 4.78 is 6.77. The van der Waals surface area contributed by atoms with Crippen molar-refractivity contribution in [1.82, 2.24) is 4.98 Å². The molecule has 9 nitrogen and oxygen atoms in total. The van der Waals surface area contributed by atoms with Crippen molar-refractivity contribution in [3.05, 3.63) is 92.5 Å². The maximum absolute atomic E-state index is 11.7. The number of hydrogen-bond donors (Lipinski definition) is 0. The van der Waals surface area contributed by atoms with Gasteiger partial charge in [-0.3, -0.25) is 20.2 Å². The molecule has 0 unspecified atom stereocenters. The maximum Gasteiger partial charge on any atom is 0.286 e. The Labute approximate surface area is 189 Å². The normalized spacial score (nSPS) is 11.5. The number of fused-ring (bicyclic) bond motifs is 1. The number of nitro groups is 2. The predicted molar refractivity (Wildman–Crippen MR) is 124 cm³/mol. The Morgan fingerprint density at radius 3 is 2.44 bits per heavy atom. The average molecular weight is 467 g/mol. The molecule has 4 aromatic rings. The zero-order valence-corrected chi connectivity index (χ0v) is 18.1. The van der Waals surface area contributed by atoms with Gasteiger partial charge in [-0.1, -0.05) is 12.1 Å². The molecular formula is C21H14N4O5S2. The molecule has 32 heavy (non-hydrogen) atoms. The molecule has 11 heteroatoms. The SMILES string of the molecule is COc1ccc(N=C(Sc2nc3ccccc3s2)c2ccc([N+](=O)[O-])cc2[N+](=O)[O-])cc1. The maximum atomic E-state index is 11.7. The molecule has 0 radical (unpaired) electrons. The van der Waals surface area contributed by atoms with Crippen LogP contribution >= 0.6 is 23.1 Å². The Morgan fingerprint density at radius 1 is 1.03 bits per heavy atom. The minimum atomic E-state index is -0.669. The van der Waals surface area contributed by atoms with E-state index in [4.69, 9.17) is 4.74 Å². The van der Waals surface area contributed by atoms with Crippen molar-refractivity contribution >= 4 is 55.4 Å². The first-order valence-corrected chi connectivity index (χ1v) is 10.8. The molecule has 1 aromatic heterocycles. The topological polar surface area (TPSA) is 121 Å². The molecule has 0 aliphatic carbocycles. The second-order valence-corrected chi connectivity index (χ2v) is 8.65. The van der Waals surface area contributed by atoms with E-state index < -0.39 is 15.5 Å². The van der Waals surface area contributed by atoms with Gasteiger partial charge in [0.25, 0.3) is 11.4 Å². The van der Waals surface area contributed by atoms with Gasteiger partial charge in [-0.15, -0.1) is 11.3 Å². The van der Waals surface area contributed by atoms with E-state index in [1.165, 1.54) is 35.2 Å². The van der Waals surface area contributed by atoms with Gasteiger partial charge in [-0.2, -0.15) is 0 Å². The summed E-state index contributed by atoms with van der Waals surface area (Å²) in [5.74, 6) is 0.644. The second kappa shape index (κ2) is 9.12. The summed E-state index contributed by atoms with van der Waals surface area (Å²) >= 11 is 2.60. The van der Waals surface area contributed by atoms with Crippen LogP contribution in [0.2, 0.25) is 0 Å². The number of methoxy groups -OCH3 is 1. The summed E-state index contributed by atoms with van der Waals surface area (Å²) in [7, 11) is 1.55. The average Bonchev–Trinajstić information content (AvgIpc) is 3.21. The Hall–Kier alpha value is -3.83. The molecule has 0 saturated heterocycles. The molecule has 0 amide bonds. The summed E-state index contributed by atoms with van der Waals surface area (Å²) in [6.45, 7) is 0. The number of aliphatic imine (C=N–C) groups is 1. The zero-order valence-electron chi connectivity index (χ0n) is 16.5. The summed E-state index contributed by atoms with van der Waals surface area (Å²) in [5, 5.41) is 23.1.